The highest BCUT2D eigenvalue weighted by Gasteiger charge is 2.34. The van der Waals surface area contributed by atoms with E-state index in [1.165, 1.54) is 0 Å². The Balaban J connectivity index is 2.31. The van der Waals surface area contributed by atoms with Crippen LogP contribution in [0.1, 0.15) is 32.1 Å². The molecule has 1 aliphatic carbocycles. The van der Waals surface area contributed by atoms with Crippen molar-refractivity contribution >= 4 is 9.84 Å². The van der Waals surface area contributed by atoms with Gasteiger partial charge in [0.1, 0.15) is 0 Å². The molecule has 1 aliphatic rings. The first kappa shape index (κ1) is 12.6. The van der Waals surface area contributed by atoms with Gasteiger partial charge in [-0.25, -0.2) is 8.42 Å². The normalized spacial score (nSPS) is 26.4. The summed E-state index contributed by atoms with van der Waals surface area (Å²) in [6.45, 7) is 0. The summed E-state index contributed by atoms with van der Waals surface area (Å²) in [6.07, 6.45) is 3.26. The average molecular weight is 254 g/mol. The summed E-state index contributed by atoms with van der Waals surface area (Å²) < 4.78 is 24.8. The second-order valence-corrected chi connectivity index (χ2v) is 6.77. The summed E-state index contributed by atoms with van der Waals surface area (Å²) in [6, 6.07) is 8.44. The van der Waals surface area contributed by atoms with Crippen LogP contribution in [0.2, 0.25) is 0 Å². The van der Waals surface area contributed by atoms with Crippen molar-refractivity contribution in [3.05, 3.63) is 30.3 Å². The van der Waals surface area contributed by atoms with Gasteiger partial charge in [-0.3, -0.25) is 0 Å². The Morgan fingerprint density at radius 3 is 2.35 bits per heavy atom. The second kappa shape index (κ2) is 5.19. The second-order valence-electron chi connectivity index (χ2n) is 4.60. The van der Waals surface area contributed by atoms with Gasteiger partial charge >= 0.3 is 0 Å². The minimum absolute atomic E-state index is 0.325. The molecule has 0 aliphatic heterocycles. The van der Waals surface area contributed by atoms with Gasteiger partial charge in [0.25, 0.3) is 0 Å². The van der Waals surface area contributed by atoms with Crippen molar-refractivity contribution in [3.8, 4) is 0 Å². The molecule has 1 aromatic rings. The van der Waals surface area contributed by atoms with Gasteiger partial charge in [-0.2, -0.15) is 0 Å². The van der Waals surface area contributed by atoms with E-state index in [1.54, 1.807) is 30.3 Å². The lowest BCUT2D eigenvalue weighted by Crippen LogP contribution is -2.33. The van der Waals surface area contributed by atoms with Crippen molar-refractivity contribution in [2.24, 2.45) is 0 Å². The van der Waals surface area contributed by atoms with Crippen molar-refractivity contribution in [1.29, 1.82) is 0 Å². The van der Waals surface area contributed by atoms with Crippen molar-refractivity contribution < 1.29 is 13.5 Å². The molecule has 0 unspecified atom stereocenters. The summed E-state index contributed by atoms with van der Waals surface area (Å²) in [5.74, 6) is 0. The third-order valence-corrected chi connectivity index (χ3v) is 5.66. The van der Waals surface area contributed by atoms with Crippen LogP contribution >= 0.6 is 0 Å². The molecule has 1 N–H and O–H groups in total. The molecule has 17 heavy (non-hydrogen) atoms. The minimum Gasteiger partial charge on any atom is -0.392 e. The highest BCUT2D eigenvalue weighted by atomic mass is 32.2. The van der Waals surface area contributed by atoms with E-state index in [4.69, 9.17) is 0 Å². The van der Waals surface area contributed by atoms with Crippen LogP contribution < -0.4 is 0 Å². The van der Waals surface area contributed by atoms with Gasteiger partial charge in [0.05, 0.1) is 16.2 Å². The maximum absolute atomic E-state index is 12.4. The molecule has 0 aromatic heterocycles. The summed E-state index contributed by atoms with van der Waals surface area (Å²) in [7, 11) is -3.38. The van der Waals surface area contributed by atoms with Crippen LogP contribution in [-0.4, -0.2) is 24.9 Å². The van der Waals surface area contributed by atoms with E-state index in [-0.39, 0.29) is 0 Å². The first-order chi connectivity index (χ1) is 8.12. The Morgan fingerprint density at radius 1 is 1.00 bits per heavy atom. The highest BCUT2D eigenvalue weighted by molar-refractivity contribution is 7.92. The molecule has 0 heterocycles. The molecule has 3 nitrogen and oxygen atoms in total. The first-order valence-corrected chi connectivity index (χ1v) is 7.64. The number of aliphatic hydroxyl groups is 1. The number of hydrogen-bond donors (Lipinski definition) is 1. The van der Waals surface area contributed by atoms with Crippen LogP contribution in [-0.2, 0) is 9.84 Å². The van der Waals surface area contributed by atoms with E-state index >= 15 is 0 Å². The lowest BCUT2D eigenvalue weighted by atomic mass is 10.1. The molecule has 0 spiro atoms. The Hall–Kier alpha value is -0.870. The molecule has 0 saturated heterocycles. The quantitative estimate of drug-likeness (QED) is 0.823. The van der Waals surface area contributed by atoms with E-state index < -0.39 is 21.2 Å². The Labute approximate surface area is 102 Å². The van der Waals surface area contributed by atoms with Crippen LogP contribution in [0.25, 0.3) is 0 Å². The van der Waals surface area contributed by atoms with E-state index in [1.807, 2.05) is 0 Å². The van der Waals surface area contributed by atoms with Gasteiger partial charge in [0, 0.05) is 0 Å². The monoisotopic (exact) mass is 254 g/mol. The molecular weight excluding hydrogens is 236 g/mol. The molecule has 4 heteroatoms. The third kappa shape index (κ3) is 2.69. The molecule has 0 radical (unpaired) electrons. The molecule has 1 aromatic carbocycles. The van der Waals surface area contributed by atoms with Crippen molar-refractivity contribution in [1.82, 2.24) is 0 Å². The predicted octanol–water partition coefficient (Wildman–Crippen LogP) is 2.15. The Morgan fingerprint density at radius 2 is 1.65 bits per heavy atom. The topological polar surface area (TPSA) is 54.4 Å². The molecule has 94 valence electrons. The molecule has 2 atom stereocenters. The summed E-state index contributed by atoms with van der Waals surface area (Å²) >= 11 is 0. The predicted molar refractivity (Wildman–Crippen MR) is 66.5 cm³/mol. The van der Waals surface area contributed by atoms with Gasteiger partial charge in [-0.05, 0) is 25.0 Å². The van der Waals surface area contributed by atoms with Crippen LogP contribution in [0.15, 0.2) is 35.2 Å². The van der Waals surface area contributed by atoms with Gasteiger partial charge in [0.15, 0.2) is 9.84 Å². The highest BCUT2D eigenvalue weighted by Crippen LogP contribution is 2.27. The van der Waals surface area contributed by atoms with Crippen LogP contribution in [0.4, 0.5) is 0 Å². The molecule has 0 bridgehead atoms. The van der Waals surface area contributed by atoms with E-state index in [2.05, 4.69) is 0 Å². The molecule has 1 saturated carbocycles. The zero-order valence-electron chi connectivity index (χ0n) is 9.75. The van der Waals surface area contributed by atoms with Crippen LogP contribution in [0.5, 0.6) is 0 Å². The smallest absolute Gasteiger partial charge is 0.183 e. The summed E-state index contributed by atoms with van der Waals surface area (Å²) in [4.78, 5) is 0.325. The number of sulfone groups is 1. The minimum atomic E-state index is -3.38. The average Bonchev–Trinajstić information content (AvgIpc) is 2.55. The largest absolute Gasteiger partial charge is 0.392 e. The van der Waals surface area contributed by atoms with Gasteiger partial charge in [0.2, 0.25) is 0 Å². The standard InChI is InChI=1S/C13H18O3S/c14-12-9-5-2-6-10-13(12)17(15,16)11-7-3-1-4-8-11/h1,3-4,7-8,12-14H,2,5-6,9-10H2/t12-,13+/m0/s1. The maximum atomic E-state index is 12.4. The number of hydrogen-bond acceptors (Lipinski definition) is 3. The number of rotatable bonds is 2. The van der Waals surface area contributed by atoms with E-state index in [0.29, 0.717) is 17.7 Å². The SMILES string of the molecule is O=S(=O)(c1ccccc1)[C@@H]1CCCCC[C@@H]1O. The zero-order chi connectivity index (χ0) is 12.3. The van der Waals surface area contributed by atoms with Crippen molar-refractivity contribution in [3.63, 3.8) is 0 Å². The molecule has 1 fully saturated rings. The van der Waals surface area contributed by atoms with Crippen molar-refractivity contribution in [2.45, 2.75) is 48.4 Å². The first-order valence-electron chi connectivity index (χ1n) is 6.09. The zero-order valence-corrected chi connectivity index (χ0v) is 10.6. The molecular formula is C13H18O3S. The number of aliphatic hydroxyl groups excluding tert-OH is 1. The van der Waals surface area contributed by atoms with E-state index in [9.17, 15) is 13.5 Å². The van der Waals surface area contributed by atoms with E-state index in [0.717, 1.165) is 19.3 Å². The fourth-order valence-corrected chi connectivity index (χ4v) is 4.31. The lowest BCUT2D eigenvalue weighted by molar-refractivity contribution is 0.160. The van der Waals surface area contributed by atoms with Gasteiger partial charge < -0.3 is 5.11 Å². The number of benzene rings is 1. The molecule has 0 amide bonds. The maximum Gasteiger partial charge on any atom is 0.183 e. The lowest BCUT2D eigenvalue weighted by Gasteiger charge is -2.20. The summed E-state index contributed by atoms with van der Waals surface area (Å²) in [5.41, 5.74) is 0. The Kier molecular flexibility index (Phi) is 3.84. The fraction of sp³-hybridized carbons (Fsp3) is 0.538. The van der Waals surface area contributed by atoms with Crippen LogP contribution in [0, 0.1) is 0 Å². The van der Waals surface area contributed by atoms with Crippen LogP contribution in [0.3, 0.4) is 0 Å². The Bertz CT molecular complexity index is 453. The van der Waals surface area contributed by atoms with Gasteiger partial charge in [-0.15, -0.1) is 0 Å². The molecule has 2 rings (SSSR count). The summed E-state index contributed by atoms with van der Waals surface area (Å²) in [5, 5.41) is 9.33. The fourth-order valence-electron chi connectivity index (χ4n) is 2.40. The van der Waals surface area contributed by atoms with Crippen molar-refractivity contribution in [2.75, 3.05) is 0 Å². The third-order valence-electron chi connectivity index (χ3n) is 3.39. The van der Waals surface area contributed by atoms with Gasteiger partial charge in [-0.1, -0.05) is 37.5 Å².